The second-order valence-electron chi connectivity index (χ2n) is 5.86. The van der Waals surface area contributed by atoms with Gasteiger partial charge in [-0.15, -0.1) is 12.6 Å². The molecule has 2 atom stereocenters. The number of thiol groups is 1. The van der Waals surface area contributed by atoms with Crippen LogP contribution in [-0.2, 0) is 9.16 Å². The van der Waals surface area contributed by atoms with E-state index >= 15 is 0 Å². The van der Waals surface area contributed by atoms with Crippen molar-refractivity contribution in [3.63, 3.8) is 0 Å². The van der Waals surface area contributed by atoms with Crippen molar-refractivity contribution in [2.24, 2.45) is 0 Å². The van der Waals surface area contributed by atoms with Gasteiger partial charge >= 0.3 is 0 Å². The van der Waals surface area contributed by atoms with Crippen molar-refractivity contribution in [1.82, 2.24) is 0 Å². The van der Waals surface area contributed by atoms with Crippen LogP contribution in [0.1, 0.15) is 33.6 Å². The van der Waals surface area contributed by atoms with E-state index in [-0.39, 0.29) is 16.6 Å². The summed E-state index contributed by atoms with van der Waals surface area (Å²) in [5.74, 6) is 0. The third-order valence-corrected chi connectivity index (χ3v) is 8.40. The molecule has 0 saturated carbocycles. The summed E-state index contributed by atoms with van der Waals surface area (Å²) in [4.78, 5) is 0. The van der Waals surface area contributed by atoms with Crippen LogP contribution in [0.5, 0.6) is 0 Å². The fourth-order valence-corrected chi connectivity index (χ4v) is 2.68. The van der Waals surface area contributed by atoms with Crippen LogP contribution in [0, 0.1) is 0 Å². The van der Waals surface area contributed by atoms with E-state index < -0.39 is 8.32 Å². The maximum absolute atomic E-state index is 6.11. The summed E-state index contributed by atoms with van der Waals surface area (Å²) in [7, 11) is -1.60. The Kier molecular flexibility index (Phi) is 4.32. The first-order valence-electron chi connectivity index (χ1n) is 5.70. The summed E-state index contributed by atoms with van der Waals surface area (Å²) in [6.07, 6.45) is 2.40. The largest absolute Gasteiger partial charge is 0.414 e. The van der Waals surface area contributed by atoms with Gasteiger partial charge in [-0.05, 0) is 31.0 Å². The van der Waals surface area contributed by atoms with Gasteiger partial charge in [-0.25, -0.2) is 0 Å². The van der Waals surface area contributed by atoms with E-state index in [1.807, 2.05) is 0 Å². The summed E-state index contributed by atoms with van der Waals surface area (Å²) in [6.45, 7) is 12.1. The Balaban J connectivity index is 2.36. The molecule has 0 aliphatic carbocycles. The molecular formula is C11H24O2SSi. The van der Waals surface area contributed by atoms with E-state index in [2.05, 4.69) is 46.5 Å². The standard InChI is InChI=1S/C11H24O2SSi/c1-11(2,3)15(4,5)12-8-9-6-7-10(14)13-9/h9-10,14H,6-8H2,1-5H3. The summed E-state index contributed by atoms with van der Waals surface area (Å²) in [6, 6.07) is 0. The van der Waals surface area contributed by atoms with Crippen LogP contribution in [0.3, 0.4) is 0 Å². The van der Waals surface area contributed by atoms with E-state index in [0.717, 1.165) is 19.4 Å². The Morgan fingerprint density at radius 3 is 2.33 bits per heavy atom. The van der Waals surface area contributed by atoms with E-state index in [0.29, 0.717) is 0 Å². The predicted octanol–water partition coefficient (Wildman–Crippen LogP) is 3.44. The zero-order valence-corrected chi connectivity index (χ0v) is 12.4. The van der Waals surface area contributed by atoms with Gasteiger partial charge in [0.15, 0.2) is 8.32 Å². The minimum absolute atomic E-state index is 0.123. The highest BCUT2D eigenvalue weighted by atomic mass is 32.1. The van der Waals surface area contributed by atoms with Crippen molar-refractivity contribution in [2.45, 2.75) is 63.3 Å². The topological polar surface area (TPSA) is 18.5 Å². The average molecular weight is 248 g/mol. The van der Waals surface area contributed by atoms with Crippen molar-refractivity contribution >= 4 is 20.9 Å². The minimum Gasteiger partial charge on any atom is -0.414 e. The van der Waals surface area contributed by atoms with Gasteiger partial charge in [-0.2, -0.15) is 0 Å². The monoisotopic (exact) mass is 248 g/mol. The summed E-state index contributed by atoms with van der Waals surface area (Å²) in [5, 5.41) is 0.284. The quantitative estimate of drug-likeness (QED) is 0.609. The van der Waals surface area contributed by atoms with Gasteiger partial charge in [-0.1, -0.05) is 20.8 Å². The molecule has 1 aliphatic rings. The zero-order valence-electron chi connectivity index (χ0n) is 10.5. The molecule has 1 heterocycles. The molecule has 0 bridgehead atoms. The molecule has 1 rings (SSSR count). The van der Waals surface area contributed by atoms with E-state index in [1.54, 1.807) is 0 Å². The van der Waals surface area contributed by atoms with Gasteiger partial charge in [0.05, 0.1) is 12.7 Å². The van der Waals surface area contributed by atoms with E-state index in [4.69, 9.17) is 9.16 Å². The maximum atomic E-state index is 6.11. The van der Waals surface area contributed by atoms with Gasteiger partial charge in [0.25, 0.3) is 0 Å². The lowest BCUT2D eigenvalue weighted by Crippen LogP contribution is -2.42. The Morgan fingerprint density at radius 2 is 1.93 bits per heavy atom. The van der Waals surface area contributed by atoms with Crippen molar-refractivity contribution in [3.8, 4) is 0 Å². The molecule has 0 aromatic rings. The maximum Gasteiger partial charge on any atom is 0.192 e. The molecule has 0 amide bonds. The lowest BCUT2D eigenvalue weighted by Gasteiger charge is -2.36. The Labute approximate surface area is 100 Å². The first-order valence-corrected chi connectivity index (χ1v) is 9.12. The minimum atomic E-state index is -1.60. The van der Waals surface area contributed by atoms with Gasteiger partial charge < -0.3 is 9.16 Å². The van der Waals surface area contributed by atoms with E-state index in [9.17, 15) is 0 Å². The molecule has 2 unspecified atom stereocenters. The Morgan fingerprint density at radius 1 is 1.33 bits per heavy atom. The molecule has 0 aromatic heterocycles. The molecule has 0 aromatic carbocycles. The molecular weight excluding hydrogens is 224 g/mol. The van der Waals surface area contributed by atoms with Crippen LogP contribution in [0.25, 0.3) is 0 Å². The van der Waals surface area contributed by atoms with Crippen LogP contribution in [0.4, 0.5) is 0 Å². The second kappa shape index (κ2) is 4.78. The fourth-order valence-electron chi connectivity index (χ4n) is 1.33. The average Bonchev–Trinajstić information content (AvgIpc) is 2.46. The van der Waals surface area contributed by atoms with Crippen molar-refractivity contribution < 1.29 is 9.16 Å². The third kappa shape index (κ3) is 3.77. The second-order valence-corrected chi connectivity index (χ2v) is 11.2. The molecule has 1 saturated heterocycles. The zero-order chi connectivity index (χ0) is 11.7. The molecule has 1 fully saturated rings. The lowest BCUT2D eigenvalue weighted by molar-refractivity contribution is 0.0506. The molecule has 15 heavy (non-hydrogen) atoms. The molecule has 0 radical (unpaired) electrons. The van der Waals surface area contributed by atoms with Crippen LogP contribution in [0.15, 0.2) is 0 Å². The SMILES string of the molecule is CC(C)(C)[Si](C)(C)OCC1CCC(S)O1. The van der Waals surface area contributed by atoms with Gasteiger partial charge in [-0.3, -0.25) is 0 Å². The van der Waals surface area contributed by atoms with Gasteiger partial charge in [0.1, 0.15) is 5.44 Å². The number of hydrogen-bond donors (Lipinski definition) is 1. The van der Waals surface area contributed by atoms with Crippen molar-refractivity contribution in [1.29, 1.82) is 0 Å². The van der Waals surface area contributed by atoms with Crippen LogP contribution < -0.4 is 0 Å². The molecule has 90 valence electrons. The molecule has 2 nitrogen and oxygen atoms in total. The van der Waals surface area contributed by atoms with Crippen LogP contribution >= 0.6 is 12.6 Å². The highest BCUT2D eigenvalue weighted by Crippen LogP contribution is 2.37. The first-order chi connectivity index (χ1) is 6.72. The van der Waals surface area contributed by atoms with E-state index in [1.165, 1.54) is 0 Å². The predicted molar refractivity (Wildman–Crippen MR) is 70.0 cm³/mol. The van der Waals surface area contributed by atoms with Crippen molar-refractivity contribution in [3.05, 3.63) is 0 Å². The smallest absolute Gasteiger partial charge is 0.192 e. The summed E-state index contributed by atoms with van der Waals surface area (Å²) < 4.78 is 11.7. The summed E-state index contributed by atoms with van der Waals surface area (Å²) >= 11 is 4.31. The van der Waals surface area contributed by atoms with Crippen LogP contribution in [-0.4, -0.2) is 26.5 Å². The Bertz CT molecular complexity index is 213. The third-order valence-electron chi connectivity index (χ3n) is 3.52. The van der Waals surface area contributed by atoms with Gasteiger partial charge in [0, 0.05) is 0 Å². The van der Waals surface area contributed by atoms with Crippen molar-refractivity contribution in [2.75, 3.05) is 6.61 Å². The number of hydrogen-bond acceptors (Lipinski definition) is 3. The number of ether oxygens (including phenoxy) is 1. The molecule has 1 aliphatic heterocycles. The summed E-state index contributed by atoms with van der Waals surface area (Å²) in [5.41, 5.74) is 0.123. The van der Waals surface area contributed by atoms with Gasteiger partial charge in [0.2, 0.25) is 0 Å². The number of rotatable bonds is 3. The molecule has 0 N–H and O–H groups in total. The Hall–Kier alpha value is 0.487. The highest BCUT2D eigenvalue weighted by molar-refractivity contribution is 7.80. The van der Waals surface area contributed by atoms with Crippen LogP contribution in [0.2, 0.25) is 18.1 Å². The highest BCUT2D eigenvalue weighted by Gasteiger charge is 2.38. The fraction of sp³-hybridized carbons (Fsp3) is 1.00. The lowest BCUT2D eigenvalue weighted by atomic mass is 10.2. The first kappa shape index (κ1) is 13.6. The normalized spacial score (nSPS) is 28.4. The molecule has 4 heteroatoms. The molecule has 0 spiro atoms.